The second-order valence-electron chi connectivity index (χ2n) is 3.35. The molecule has 4 nitrogen and oxygen atoms in total. The second kappa shape index (κ2) is 5.93. The lowest BCUT2D eigenvalue weighted by Crippen LogP contribution is -2.00. The van der Waals surface area contributed by atoms with Crippen LogP contribution in [0.25, 0.3) is 0 Å². The molecule has 17 heavy (non-hydrogen) atoms. The summed E-state index contributed by atoms with van der Waals surface area (Å²) < 4.78 is 5.54. The number of rotatable bonds is 5. The van der Waals surface area contributed by atoms with Gasteiger partial charge in [0.2, 0.25) is 5.16 Å². The lowest BCUT2D eigenvalue weighted by Gasteiger charge is -2.04. The van der Waals surface area contributed by atoms with E-state index in [0.29, 0.717) is 11.6 Å². The first-order chi connectivity index (χ1) is 8.24. The van der Waals surface area contributed by atoms with Gasteiger partial charge in [0.15, 0.2) is 0 Å². The Morgan fingerprint density at radius 1 is 1.35 bits per heavy atom. The highest BCUT2D eigenvalue weighted by Crippen LogP contribution is 2.16. The maximum atomic E-state index is 5.78. The SMILES string of the molecule is Cc1nc(SCCOc2ccc(Cl)cc2)n[nH]1. The third kappa shape index (κ3) is 3.94. The number of halogens is 1. The summed E-state index contributed by atoms with van der Waals surface area (Å²) in [5.74, 6) is 2.45. The molecular weight excluding hydrogens is 258 g/mol. The van der Waals surface area contributed by atoms with Crippen LogP contribution in [0, 0.1) is 6.92 Å². The van der Waals surface area contributed by atoms with Crippen molar-refractivity contribution in [3.63, 3.8) is 0 Å². The van der Waals surface area contributed by atoms with E-state index in [0.717, 1.165) is 22.5 Å². The monoisotopic (exact) mass is 269 g/mol. The Balaban J connectivity index is 1.71. The highest BCUT2D eigenvalue weighted by atomic mass is 35.5. The van der Waals surface area contributed by atoms with Crippen molar-refractivity contribution in [1.82, 2.24) is 15.2 Å². The topological polar surface area (TPSA) is 50.8 Å². The van der Waals surface area contributed by atoms with E-state index in [9.17, 15) is 0 Å². The molecule has 6 heteroatoms. The summed E-state index contributed by atoms with van der Waals surface area (Å²) in [7, 11) is 0. The van der Waals surface area contributed by atoms with Gasteiger partial charge in [0.05, 0.1) is 6.61 Å². The van der Waals surface area contributed by atoms with Gasteiger partial charge in [-0.25, -0.2) is 4.98 Å². The molecule has 2 rings (SSSR count). The van der Waals surface area contributed by atoms with Crippen molar-refractivity contribution in [3.05, 3.63) is 35.1 Å². The van der Waals surface area contributed by atoms with E-state index in [2.05, 4.69) is 15.2 Å². The maximum absolute atomic E-state index is 5.78. The van der Waals surface area contributed by atoms with E-state index in [-0.39, 0.29) is 0 Å². The zero-order valence-corrected chi connectivity index (χ0v) is 10.9. The van der Waals surface area contributed by atoms with Crippen LogP contribution in [0.2, 0.25) is 5.02 Å². The summed E-state index contributed by atoms with van der Waals surface area (Å²) in [5, 5.41) is 8.28. The lowest BCUT2D eigenvalue weighted by molar-refractivity contribution is 0.344. The van der Waals surface area contributed by atoms with Crippen molar-refractivity contribution in [2.75, 3.05) is 12.4 Å². The van der Waals surface area contributed by atoms with Gasteiger partial charge < -0.3 is 4.74 Å². The Morgan fingerprint density at radius 2 is 2.12 bits per heavy atom. The number of aromatic amines is 1. The molecule has 0 atom stereocenters. The molecule has 0 aliphatic heterocycles. The molecule has 2 aromatic rings. The minimum atomic E-state index is 0.611. The fourth-order valence-corrected chi connectivity index (χ4v) is 2.00. The molecule has 0 radical (unpaired) electrons. The smallest absolute Gasteiger partial charge is 0.208 e. The number of aryl methyl sites for hydroxylation is 1. The van der Waals surface area contributed by atoms with Crippen molar-refractivity contribution >= 4 is 23.4 Å². The Morgan fingerprint density at radius 3 is 2.76 bits per heavy atom. The average Bonchev–Trinajstić information content (AvgIpc) is 2.73. The van der Waals surface area contributed by atoms with E-state index < -0.39 is 0 Å². The van der Waals surface area contributed by atoms with E-state index in [4.69, 9.17) is 16.3 Å². The Hall–Kier alpha value is -1.20. The summed E-state index contributed by atoms with van der Waals surface area (Å²) in [6, 6.07) is 7.32. The number of thioether (sulfide) groups is 1. The quantitative estimate of drug-likeness (QED) is 0.670. The van der Waals surface area contributed by atoms with Gasteiger partial charge in [0, 0.05) is 10.8 Å². The van der Waals surface area contributed by atoms with E-state index >= 15 is 0 Å². The standard InChI is InChI=1S/C11H12ClN3OS/c1-8-13-11(15-14-8)17-7-6-16-10-4-2-9(12)3-5-10/h2-5H,6-7H2,1H3,(H,13,14,15). The van der Waals surface area contributed by atoms with Gasteiger partial charge in [-0.05, 0) is 31.2 Å². The molecule has 1 heterocycles. The number of aromatic nitrogens is 3. The summed E-state index contributed by atoms with van der Waals surface area (Å²) in [6.45, 7) is 2.49. The van der Waals surface area contributed by atoms with Crippen LogP contribution in [0.1, 0.15) is 5.82 Å². The molecule has 0 saturated heterocycles. The van der Waals surface area contributed by atoms with Crippen molar-refractivity contribution in [2.24, 2.45) is 0 Å². The van der Waals surface area contributed by atoms with Crippen LogP contribution in [0.4, 0.5) is 0 Å². The lowest BCUT2D eigenvalue weighted by atomic mass is 10.3. The van der Waals surface area contributed by atoms with Crippen LogP contribution < -0.4 is 4.74 Å². The van der Waals surface area contributed by atoms with Gasteiger partial charge >= 0.3 is 0 Å². The highest BCUT2D eigenvalue weighted by Gasteiger charge is 2.00. The fourth-order valence-electron chi connectivity index (χ4n) is 1.21. The predicted octanol–water partition coefficient (Wildman–Crippen LogP) is 2.94. The van der Waals surface area contributed by atoms with E-state index in [1.165, 1.54) is 0 Å². The molecule has 0 spiro atoms. The van der Waals surface area contributed by atoms with E-state index in [1.807, 2.05) is 31.2 Å². The number of hydrogen-bond acceptors (Lipinski definition) is 4. The molecular formula is C11H12ClN3OS. The number of H-pyrrole nitrogens is 1. The zero-order chi connectivity index (χ0) is 12.1. The average molecular weight is 270 g/mol. The summed E-state index contributed by atoms with van der Waals surface area (Å²) >= 11 is 7.33. The number of ether oxygens (including phenoxy) is 1. The third-order valence-electron chi connectivity index (χ3n) is 1.97. The minimum Gasteiger partial charge on any atom is -0.493 e. The predicted molar refractivity (Wildman–Crippen MR) is 68.8 cm³/mol. The van der Waals surface area contributed by atoms with Crippen LogP contribution in [0.15, 0.2) is 29.4 Å². The number of hydrogen-bond donors (Lipinski definition) is 1. The number of nitrogens with one attached hydrogen (secondary N) is 1. The molecule has 0 bridgehead atoms. The van der Waals surface area contributed by atoms with Gasteiger partial charge in [-0.3, -0.25) is 5.10 Å². The van der Waals surface area contributed by atoms with Crippen LogP contribution in [-0.2, 0) is 0 Å². The highest BCUT2D eigenvalue weighted by molar-refractivity contribution is 7.99. The molecule has 0 amide bonds. The second-order valence-corrected chi connectivity index (χ2v) is 4.85. The van der Waals surface area contributed by atoms with Crippen molar-refractivity contribution in [1.29, 1.82) is 0 Å². The van der Waals surface area contributed by atoms with Crippen molar-refractivity contribution in [3.8, 4) is 5.75 Å². The zero-order valence-electron chi connectivity index (χ0n) is 9.31. The summed E-state index contributed by atoms with van der Waals surface area (Å²) in [4.78, 5) is 4.19. The molecule has 0 aliphatic rings. The molecule has 90 valence electrons. The molecule has 1 aromatic heterocycles. The summed E-state index contributed by atoms with van der Waals surface area (Å²) in [5.41, 5.74) is 0. The molecule has 0 aliphatic carbocycles. The van der Waals surface area contributed by atoms with Gasteiger partial charge in [0.1, 0.15) is 11.6 Å². The fraction of sp³-hybridized carbons (Fsp3) is 0.273. The van der Waals surface area contributed by atoms with Gasteiger partial charge in [-0.15, -0.1) is 5.10 Å². The maximum Gasteiger partial charge on any atom is 0.208 e. The van der Waals surface area contributed by atoms with Crippen LogP contribution in [0.3, 0.4) is 0 Å². The molecule has 0 fully saturated rings. The van der Waals surface area contributed by atoms with Crippen LogP contribution in [-0.4, -0.2) is 27.5 Å². The first kappa shape index (κ1) is 12.3. The number of nitrogens with zero attached hydrogens (tertiary/aromatic N) is 2. The molecule has 0 unspecified atom stereocenters. The number of benzene rings is 1. The summed E-state index contributed by atoms with van der Waals surface area (Å²) in [6.07, 6.45) is 0. The van der Waals surface area contributed by atoms with Crippen LogP contribution >= 0.6 is 23.4 Å². The minimum absolute atomic E-state index is 0.611. The van der Waals surface area contributed by atoms with Gasteiger partial charge in [-0.2, -0.15) is 0 Å². The van der Waals surface area contributed by atoms with Gasteiger partial charge in [-0.1, -0.05) is 23.4 Å². The Labute approximate surface area is 109 Å². The normalized spacial score (nSPS) is 10.5. The molecule has 0 saturated carbocycles. The van der Waals surface area contributed by atoms with Crippen LogP contribution in [0.5, 0.6) is 5.75 Å². The largest absolute Gasteiger partial charge is 0.493 e. The van der Waals surface area contributed by atoms with E-state index in [1.54, 1.807) is 11.8 Å². The van der Waals surface area contributed by atoms with Crippen molar-refractivity contribution < 1.29 is 4.74 Å². The molecule has 1 N–H and O–H groups in total. The molecule has 1 aromatic carbocycles. The Bertz CT molecular complexity index is 472. The first-order valence-electron chi connectivity index (χ1n) is 5.14. The third-order valence-corrected chi connectivity index (χ3v) is 3.04. The van der Waals surface area contributed by atoms with Crippen molar-refractivity contribution in [2.45, 2.75) is 12.1 Å². The Kier molecular flexibility index (Phi) is 4.28. The first-order valence-corrected chi connectivity index (χ1v) is 6.50. The van der Waals surface area contributed by atoms with Gasteiger partial charge in [0.25, 0.3) is 0 Å².